The van der Waals surface area contributed by atoms with Crippen LogP contribution in [0.15, 0.2) is 0 Å². The molecule has 1 heterocycles. The largest absolute Gasteiger partial charge is 0.389 e. The van der Waals surface area contributed by atoms with Crippen LogP contribution in [-0.2, 0) is 7.05 Å². The molecule has 0 atom stereocenters. The van der Waals surface area contributed by atoms with E-state index in [4.69, 9.17) is 18.0 Å². The molecule has 2 N–H and O–H groups in total. The fraction of sp³-hybridized carbons (Fsp3) is 0.636. The highest BCUT2D eigenvalue weighted by atomic mass is 32.1. The molecule has 16 heavy (non-hydrogen) atoms. The smallest absolute Gasteiger partial charge is 0.136 e. The van der Waals surface area contributed by atoms with Crippen LogP contribution in [0.4, 0.5) is 5.82 Å². The number of rotatable bonds is 4. The number of thiocarbonyl (C=S) groups is 1. The fourth-order valence-corrected chi connectivity index (χ4v) is 2.25. The summed E-state index contributed by atoms with van der Waals surface area (Å²) >= 11 is 5.08. The maximum absolute atomic E-state index is 5.75. The fourth-order valence-electron chi connectivity index (χ4n) is 2.01. The molecule has 0 saturated carbocycles. The molecule has 0 fully saturated rings. The summed E-state index contributed by atoms with van der Waals surface area (Å²) in [5, 5.41) is 4.37. The number of hydrogen-bond donors (Lipinski definition) is 1. The van der Waals surface area contributed by atoms with E-state index >= 15 is 0 Å². The quantitative estimate of drug-likeness (QED) is 0.809. The van der Waals surface area contributed by atoms with Crippen molar-refractivity contribution in [2.24, 2.45) is 18.7 Å². The number of anilines is 1. The molecule has 1 aromatic rings. The van der Waals surface area contributed by atoms with Crippen molar-refractivity contribution in [3.05, 3.63) is 11.3 Å². The molecule has 0 unspecified atom stereocenters. The minimum atomic E-state index is 0.413. The van der Waals surface area contributed by atoms with Crippen LogP contribution < -0.4 is 10.6 Å². The van der Waals surface area contributed by atoms with E-state index in [-0.39, 0.29) is 0 Å². The Bertz CT molecular complexity index is 395. The van der Waals surface area contributed by atoms with Crippen LogP contribution in [0.25, 0.3) is 0 Å². The van der Waals surface area contributed by atoms with Gasteiger partial charge in [0.1, 0.15) is 10.8 Å². The maximum atomic E-state index is 5.75. The van der Waals surface area contributed by atoms with Crippen LogP contribution in [0.2, 0.25) is 0 Å². The number of hydrogen-bond acceptors (Lipinski definition) is 3. The lowest BCUT2D eigenvalue weighted by Gasteiger charge is -2.22. The molecule has 0 aliphatic carbocycles. The molecule has 0 radical (unpaired) electrons. The van der Waals surface area contributed by atoms with Gasteiger partial charge in [0.15, 0.2) is 0 Å². The minimum Gasteiger partial charge on any atom is -0.389 e. The van der Waals surface area contributed by atoms with Gasteiger partial charge in [-0.25, -0.2) is 0 Å². The standard InChI is InChI=1S/C11H20N4S/c1-7(2)6-14(4)11-9(10(12)16)8(3)13-15(11)5/h7H,6H2,1-5H3,(H2,12,16). The van der Waals surface area contributed by atoms with E-state index < -0.39 is 0 Å². The van der Waals surface area contributed by atoms with Crippen molar-refractivity contribution in [2.45, 2.75) is 20.8 Å². The number of nitrogens with two attached hydrogens (primary N) is 1. The van der Waals surface area contributed by atoms with Crippen molar-refractivity contribution in [3.8, 4) is 0 Å². The molecule has 1 rings (SSSR count). The Morgan fingerprint density at radius 1 is 1.56 bits per heavy atom. The van der Waals surface area contributed by atoms with Gasteiger partial charge < -0.3 is 10.6 Å². The summed E-state index contributed by atoms with van der Waals surface area (Å²) in [6, 6.07) is 0. The highest BCUT2D eigenvalue weighted by Crippen LogP contribution is 2.22. The normalized spacial score (nSPS) is 10.9. The molecule has 4 nitrogen and oxygen atoms in total. The molecule has 1 aromatic heterocycles. The zero-order valence-electron chi connectivity index (χ0n) is 10.6. The topological polar surface area (TPSA) is 47.1 Å². The Balaban J connectivity index is 3.16. The van der Waals surface area contributed by atoms with Gasteiger partial charge in [-0.1, -0.05) is 26.1 Å². The molecule has 0 amide bonds. The third kappa shape index (κ3) is 2.52. The molecule has 0 bridgehead atoms. The first-order valence-corrected chi connectivity index (χ1v) is 5.80. The minimum absolute atomic E-state index is 0.413. The lowest BCUT2D eigenvalue weighted by Crippen LogP contribution is -2.27. The predicted molar refractivity (Wildman–Crippen MR) is 71.9 cm³/mol. The highest BCUT2D eigenvalue weighted by Gasteiger charge is 2.19. The summed E-state index contributed by atoms with van der Waals surface area (Å²) < 4.78 is 1.84. The third-order valence-electron chi connectivity index (χ3n) is 2.44. The Hall–Kier alpha value is -1.10. The van der Waals surface area contributed by atoms with E-state index in [2.05, 4.69) is 23.8 Å². The number of nitrogens with zero attached hydrogens (tertiary/aromatic N) is 3. The summed E-state index contributed by atoms with van der Waals surface area (Å²) in [4.78, 5) is 2.57. The zero-order chi connectivity index (χ0) is 12.5. The van der Waals surface area contributed by atoms with Gasteiger partial charge in [0.05, 0.1) is 11.3 Å². The summed E-state index contributed by atoms with van der Waals surface area (Å²) in [7, 11) is 3.96. The summed E-state index contributed by atoms with van der Waals surface area (Å²) in [6.45, 7) is 7.25. The first kappa shape index (κ1) is 13.0. The lowest BCUT2D eigenvalue weighted by atomic mass is 10.2. The van der Waals surface area contributed by atoms with Gasteiger partial charge in [-0.05, 0) is 12.8 Å². The van der Waals surface area contributed by atoms with Crippen molar-refractivity contribution in [2.75, 3.05) is 18.5 Å². The molecule has 0 saturated heterocycles. The maximum Gasteiger partial charge on any atom is 0.136 e. The van der Waals surface area contributed by atoms with Crippen molar-refractivity contribution in [1.29, 1.82) is 0 Å². The van der Waals surface area contributed by atoms with Crippen LogP contribution in [0.1, 0.15) is 25.1 Å². The van der Waals surface area contributed by atoms with Gasteiger partial charge in [-0.3, -0.25) is 4.68 Å². The van der Waals surface area contributed by atoms with Crippen LogP contribution >= 0.6 is 12.2 Å². The van der Waals surface area contributed by atoms with E-state index in [1.807, 2.05) is 25.7 Å². The highest BCUT2D eigenvalue weighted by molar-refractivity contribution is 7.80. The van der Waals surface area contributed by atoms with Crippen LogP contribution in [-0.4, -0.2) is 28.4 Å². The van der Waals surface area contributed by atoms with Gasteiger partial charge in [-0.15, -0.1) is 0 Å². The second-order valence-electron chi connectivity index (χ2n) is 4.55. The summed E-state index contributed by atoms with van der Waals surface area (Å²) in [6.07, 6.45) is 0. The predicted octanol–water partition coefficient (Wildman–Crippen LogP) is 1.45. The first-order valence-electron chi connectivity index (χ1n) is 5.39. The van der Waals surface area contributed by atoms with Gasteiger partial charge in [0, 0.05) is 20.6 Å². The zero-order valence-corrected chi connectivity index (χ0v) is 11.4. The van der Waals surface area contributed by atoms with Crippen molar-refractivity contribution < 1.29 is 0 Å². The van der Waals surface area contributed by atoms with E-state index in [1.165, 1.54) is 0 Å². The Kier molecular flexibility index (Phi) is 3.91. The van der Waals surface area contributed by atoms with Crippen LogP contribution in [0.3, 0.4) is 0 Å². The van der Waals surface area contributed by atoms with E-state index in [1.54, 1.807) is 0 Å². The number of aromatic nitrogens is 2. The Labute approximate surface area is 102 Å². The van der Waals surface area contributed by atoms with Crippen LogP contribution in [0.5, 0.6) is 0 Å². The second-order valence-corrected chi connectivity index (χ2v) is 4.99. The molecule has 0 aromatic carbocycles. The second kappa shape index (κ2) is 4.82. The summed E-state index contributed by atoms with van der Waals surface area (Å²) in [5.74, 6) is 1.58. The molecule has 0 spiro atoms. The summed E-state index contributed by atoms with van der Waals surface area (Å²) in [5.41, 5.74) is 7.53. The van der Waals surface area contributed by atoms with Crippen LogP contribution in [0, 0.1) is 12.8 Å². The average molecular weight is 240 g/mol. The van der Waals surface area contributed by atoms with Crippen molar-refractivity contribution >= 4 is 23.0 Å². The molecule has 5 heteroatoms. The average Bonchev–Trinajstić information content (AvgIpc) is 2.39. The molecule has 0 aliphatic heterocycles. The van der Waals surface area contributed by atoms with E-state index in [0.717, 1.165) is 23.6 Å². The first-order chi connectivity index (χ1) is 7.34. The SMILES string of the molecule is Cc1nn(C)c(N(C)CC(C)C)c1C(N)=S. The Morgan fingerprint density at radius 2 is 2.12 bits per heavy atom. The van der Waals surface area contributed by atoms with Crippen molar-refractivity contribution in [3.63, 3.8) is 0 Å². The monoisotopic (exact) mass is 240 g/mol. The van der Waals surface area contributed by atoms with Gasteiger partial charge in [-0.2, -0.15) is 5.10 Å². The lowest BCUT2D eigenvalue weighted by molar-refractivity contribution is 0.619. The van der Waals surface area contributed by atoms with E-state index in [0.29, 0.717) is 10.9 Å². The number of aryl methyl sites for hydroxylation is 2. The van der Waals surface area contributed by atoms with Gasteiger partial charge in [0.2, 0.25) is 0 Å². The molecular weight excluding hydrogens is 220 g/mol. The Morgan fingerprint density at radius 3 is 2.56 bits per heavy atom. The van der Waals surface area contributed by atoms with Gasteiger partial charge in [0.25, 0.3) is 0 Å². The third-order valence-corrected chi connectivity index (χ3v) is 2.64. The molecular formula is C11H20N4S. The van der Waals surface area contributed by atoms with E-state index in [9.17, 15) is 0 Å². The molecule has 90 valence electrons. The van der Waals surface area contributed by atoms with Crippen molar-refractivity contribution in [1.82, 2.24) is 9.78 Å². The van der Waals surface area contributed by atoms with Gasteiger partial charge >= 0.3 is 0 Å². The molecule has 0 aliphatic rings.